The number of carbonyl (C=O) groups is 1. The first-order valence-corrected chi connectivity index (χ1v) is 6.58. The van der Waals surface area contributed by atoms with Gasteiger partial charge in [-0.15, -0.1) is 0 Å². The normalized spacial score (nSPS) is 12.2. The Morgan fingerprint density at radius 1 is 1.22 bits per heavy atom. The quantitative estimate of drug-likeness (QED) is 0.848. The minimum atomic E-state index is -4.39. The molecule has 0 aliphatic heterocycles. The van der Waals surface area contributed by atoms with E-state index in [9.17, 15) is 18.0 Å². The molecular weight excluding hydrogens is 309 g/mol. The standard InChI is InChI=1S/C16H13F3N2O2/c17-16(18,19)12-5-3-10(4-6-12)8-11-2-1-7-21-14(11)13(9-20)15(22)23/h1-7,9H,8,20H2,(H,22,23)/b13-9+. The Morgan fingerprint density at radius 2 is 1.87 bits per heavy atom. The summed E-state index contributed by atoms with van der Waals surface area (Å²) >= 11 is 0. The van der Waals surface area contributed by atoms with E-state index < -0.39 is 17.7 Å². The van der Waals surface area contributed by atoms with Gasteiger partial charge in [0, 0.05) is 12.4 Å². The molecule has 0 bridgehead atoms. The molecule has 0 saturated carbocycles. The summed E-state index contributed by atoms with van der Waals surface area (Å²) in [6.45, 7) is 0. The summed E-state index contributed by atoms with van der Waals surface area (Å²) in [4.78, 5) is 15.2. The van der Waals surface area contributed by atoms with E-state index in [1.807, 2.05) is 0 Å². The van der Waals surface area contributed by atoms with Crippen molar-refractivity contribution in [1.29, 1.82) is 0 Å². The molecule has 0 aliphatic carbocycles. The van der Waals surface area contributed by atoms with Crippen LogP contribution in [0.1, 0.15) is 22.4 Å². The third-order valence-electron chi connectivity index (χ3n) is 3.22. The van der Waals surface area contributed by atoms with Crippen molar-refractivity contribution in [3.63, 3.8) is 0 Å². The Hall–Kier alpha value is -2.83. The number of halogens is 3. The van der Waals surface area contributed by atoms with E-state index in [2.05, 4.69) is 4.98 Å². The van der Waals surface area contributed by atoms with Crippen LogP contribution < -0.4 is 5.73 Å². The molecule has 23 heavy (non-hydrogen) atoms. The fraction of sp³-hybridized carbons (Fsp3) is 0.125. The molecule has 1 aromatic carbocycles. The molecular formula is C16H13F3N2O2. The van der Waals surface area contributed by atoms with Crippen molar-refractivity contribution in [3.05, 3.63) is 71.2 Å². The van der Waals surface area contributed by atoms with Gasteiger partial charge in [0.05, 0.1) is 11.3 Å². The molecule has 0 fully saturated rings. The number of rotatable bonds is 4. The van der Waals surface area contributed by atoms with Gasteiger partial charge in [0.1, 0.15) is 5.57 Å². The summed E-state index contributed by atoms with van der Waals surface area (Å²) in [6, 6.07) is 7.97. The van der Waals surface area contributed by atoms with E-state index >= 15 is 0 Å². The van der Waals surface area contributed by atoms with Crippen molar-refractivity contribution in [1.82, 2.24) is 4.98 Å². The molecule has 7 heteroatoms. The first-order chi connectivity index (χ1) is 10.8. The maximum Gasteiger partial charge on any atom is 0.416 e. The number of carboxylic acid groups (broad SMARTS) is 1. The number of aromatic nitrogens is 1. The Balaban J connectivity index is 2.33. The minimum Gasteiger partial charge on any atom is -0.478 e. The molecule has 0 spiro atoms. The number of pyridine rings is 1. The van der Waals surface area contributed by atoms with Crippen LogP contribution in [0.2, 0.25) is 0 Å². The molecule has 3 N–H and O–H groups in total. The summed E-state index contributed by atoms with van der Waals surface area (Å²) in [5, 5.41) is 9.13. The first kappa shape index (κ1) is 16.5. The van der Waals surface area contributed by atoms with E-state index in [4.69, 9.17) is 10.8 Å². The molecule has 0 amide bonds. The summed E-state index contributed by atoms with van der Waals surface area (Å²) in [6.07, 6.45) is -1.78. The number of carboxylic acids is 1. The van der Waals surface area contributed by atoms with Gasteiger partial charge < -0.3 is 10.8 Å². The van der Waals surface area contributed by atoms with Crippen molar-refractivity contribution in [2.75, 3.05) is 0 Å². The summed E-state index contributed by atoms with van der Waals surface area (Å²) in [7, 11) is 0. The highest BCUT2D eigenvalue weighted by Crippen LogP contribution is 2.29. The lowest BCUT2D eigenvalue weighted by molar-refractivity contribution is -0.137. The second kappa shape index (κ2) is 6.51. The van der Waals surface area contributed by atoms with Crippen LogP contribution in [-0.4, -0.2) is 16.1 Å². The average Bonchev–Trinajstić information content (AvgIpc) is 2.49. The topological polar surface area (TPSA) is 76.2 Å². The monoisotopic (exact) mass is 322 g/mol. The van der Waals surface area contributed by atoms with Gasteiger partial charge >= 0.3 is 12.1 Å². The largest absolute Gasteiger partial charge is 0.478 e. The summed E-state index contributed by atoms with van der Waals surface area (Å²) in [5.41, 5.74) is 5.80. The maximum atomic E-state index is 12.6. The van der Waals surface area contributed by atoms with Gasteiger partial charge in [0.15, 0.2) is 0 Å². The molecule has 2 aromatic rings. The van der Waals surface area contributed by atoms with Gasteiger partial charge in [0.25, 0.3) is 0 Å². The summed E-state index contributed by atoms with van der Waals surface area (Å²) < 4.78 is 37.7. The lowest BCUT2D eigenvalue weighted by Gasteiger charge is -2.10. The summed E-state index contributed by atoms with van der Waals surface area (Å²) in [5.74, 6) is -1.22. The molecule has 120 valence electrons. The van der Waals surface area contributed by atoms with E-state index in [0.717, 1.165) is 18.3 Å². The number of hydrogen-bond donors (Lipinski definition) is 2. The highest BCUT2D eigenvalue weighted by molar-refractivity contribution is 6.14. The highest BCUT2D eigenvalue weighted by Gasteiger charge is 2.29. The van der Waals surface area contributed by atoms with Gasteiger partial charge in [-0.05, 0) is 35.7 Å². The smallest absolute Gasteiger partial charge is 0.416 e. The SMILES string of the molecule is N/C=C(/C(=O)O)c1ncccc1Cc1ccc(C(F)(F)F)cc1. The number of hydrogen-bond acceptors (Lipinski definition) is 3. The molecule has 2 rings (SSSR count). The number of aliphatic carboxylic acids is 1. The van der Waals surface area contributed by atoms with Crippen LogP contribution in [0, 0.1) is 0 Å². The maximum absolute atomic E-state index is 12.6. The molecule has 0 saturated heterocycles. The Labute approximate surface area is 130 Å². The second-order valence-corrected chi connectivity index (χ2v) is 4.77. The van der Waals surface area contributed by atoms with Crippen molar-refractivity contribution < 1.29 is 23.1 Å². The highest BCUT2D eigenvalue weighted by atomic mass is 19.4. The van der Waals surface area contributed by atoms with Crippen LogP contribution in [0.5, 0.6) is 0 Å². The number of nitrogens with zero attached hydrogens (tertiary/aromatic N) is 1. The van der Waals surface area contributed by atoms with Gasteiger partial charge in [-0.3, -0.25) is 4.98 Å². The average molecular weight is 322 g/mol. The number of nitrogens with two attached hydrogens (primary N) is 1. The molecule has 0 radical (unpaired) electrons. The van der Waals surface area contributed by atoms with Crippen LogP contribution in [0.25, 0.3) is 5.57 Å². The third-order valence-corrected chi connectivity index (χ3v) is 3.22. The molecule has 4 nitrogen and oxygen atoms in total. The lowest BCUT2D eigenvalue weighted by atomic mass is 9.99. The second-order valence-electron chi connectivity index (χ2n) is 4.77. The van der Waals surface area contributed by atoms with E-state index in [1.165, 1.54) is 18.3 Å². The third kappa shape index (κ3) is 3.88. The minimum absolute atomic E-state index is 0.160. The van der Waals surface area contributed by atoms with Crippen molar-refractivity contribution in [2.45, 2.75) is 12.6 Å². The fourth-order valence-electron chi connectivity index (χ4n) is 2.11. The van der Waals surface area contributed by atoms with Crippen LogP contribution in [0.15, 0.2) is 48.8 Å². The van der Waals surface area contributed by atoms with E-state index in [0.29, 0.717) is 11.1 Å². The predicted molar refractivity (Wildman–Crippen MR) is 78.3 cm³/mol. The lowest BCUT2D eigenvalue weighted by Crippen LogP contribution is -2.08. The first-order valence-electron chi connectivity index (χ1n) is 6.58. The van der Waals surface area contributed by atoms with E-state index in [-0.39, 0.29) is 17.7 Å². The Morgan fingerprint density at radius 3 is 2.39 bits per heavy atom. The zero-order chi connectivity index (χ0) is 17.0. The van der Waals surface area contributed by atoms with Gasteiger partial charge in [0.2, 0.25) is 0 Å². The fourth-order valence-corrected chi connectivity index (χ4v) is 2.11. The number of benzene rings is 1. The van der Waals surface area contributed by atoms with Crippen molar-refractivity contribution in [2.24, 2.45) is 5.73 Å². The van der Waals surface area contributed by atoms with Crippen molar-refractivity contribution >= 4 is 11.5 Å². The van der Waals surface area contributed by atoms with Crippen molar-refractivity contribution in [3.8, 4) is 0 Å². The molecule has 1 heterocycles. The van der Waals surface area contributed by atoms with Crippen LogP contribution in [0.3, 0.4) is 0 Å². The molecule has 0 unspecified atom stereocenters. The van der Waals surface area contributed by atoms with Gasteiger partial charge in [-0.2, -0.15) is 13.2 Å². The zero-order valence-corrected chi connectivity index (χ0v) is 11.8. The molecule has 0 atom stereocenters. The number of alkyl halides is 3. The van der Waals surface area contributed by atoms with Crippen LogP contribution >= 0.6 is 0 Å². The van der Waals surface area contributed by atoms with E-state index in [1.54, 1.807) is 12.1 Å². The van der Waals surface area contributed by atoms with Crippen LogP contribution in [-0.2, 0) is 17.4 Å². The zero-order valence-electron chi connectivity index (χ0n) is 11.8. The molecule has 1 aromatic heterocycles. The van der Waals surface area contributed by atoms with Crippen LogP contribution in [0.4, 0.5) is 13.2 Å². The predicted octanol–water partition coefficient (Wildman–Crippen LogP) is 3.08. The van der Waals surface area contributed by atoms with Gasteiger partial charge in [-0.25, -0.2) is 4.79 Å². The molecule has 0 aliphatic rings. The van der Waals surface area contributed by atoms with Gasteiger partial charge in [-0.1, -0.05) is 18.2 Å². The Bertz CT molecular complexity index is 738. The Kier molecular flexibility index (Phi) is 4.68.